The lowest BCUT2D eigenvalue weighted by molar-refractivity contribution is -0.191. The van der Waals surface area contributed by atoms with Crippen LogP contribution in [-0.4, -0.2) is 57.3 Å². The maximum Gasteiger partial charge on any atom is 0.303 e. The van der Waals surface area contributed by atoms with Gasteiger partial charge in [0, 0.05) is 29.4 Å². The molecule has 0 aromatic rings. The van der Waals surface area contributed by atoms with Gasteiger partial charge in [-0.3, -0.25) is 14.4 Å². The van der Waals surface area contributed by atoms with Crippen LogP contribution in [0.1, 0.15) is 53.9 Å². The van der Waals surface area contributed by atoms with Gasteiger partial charge >= 0.3 is 5.97 Å². The number of Topliss-reactive ketones (excluding diaryl/α,β-unsaturated/α-hetero) is 2. The van der Waals surface area contributed by atoms with E-state index in [1.807, 2.05) is 27.7 Å². The summed E-state index contributed by atoms with van der Waals surface area (Å²) in [6.45, 7) is 8.52. The Balaban J connectivity index is 1.97. The highest BCUT2D eigenvalue weighted by atomic mass is 16.6. The van der Waals surface area contributed by atoms with Gasteiger partial charge in [0.1, 0.15) is 18.3 Å². The van der Waals surface area contributed by atoms with Crippen molar-refractivity contribution in [3.8, 4) is 0 Å². The predicted octanol–water partition coefficient (Wildman–Crippen LogP) is 0.931. The molecule has 3 N–H and O–H groups in total. The number of esters is 1. The molecule has 7 heteroatoms. The Morgan fingerprint density at radius 3 is 2.24 bits per heavy atom. The number of hydrogen-bond acceptors (Lipinski definition) is 7. The van der Waals surface area contributed by atoms with E-state index in [9.17, 15) is 29.7 Å². The fourth-order valence-electron chi connectivity index (χ4n) is 6.74. The molecule has 1 spiro atoms. The minimum Gasteiger partial charge on any atom is -0.459 e. The highest BCUT2D eigenvalue weighted by molar-refractivity contribution is 6.19. The van der Waals surface area contributed by atoms with E-state index < -0.39 is 64.1 Å². The zero-order chi connectivity index (χ0) is 21.7. The molecule has 29 heavy (non-hydrogen) atoms. The Kier molecular flexibility index (Phi) is 4.27. The van der Waals surface area contributed by atoms with Crippen molar-refractivity contribution >= 4 is 17.5 Å². The van der Waals surface area contributed by atoms with Crippen LogP contribution in [0.4, 0.5) is 0 Å². The van der Waals surface area contributed by atoms with Crippen LogP contribution in [0.3, 0.4) is 0 Å². The van der Waals surface area contributed by atoms with Crippen molar-refractivity contribution in [1.29, 1.82) is 0 Å². The van der Waals surface area contributed by atoms with Gasteiger partial charge in [-0.2, -0.15) is 0 Å². The molecule has 2 fully saturated rings. The van der Waals surface area contributed by atoms with Gasteiger partial charge in [-0.25, -0.2) is 0 Å². The summed E-state index contributed by atoms with van der Waals surface area (Å²) in [5, 5.41) is 32.7. The zero-order valence-corrected chi connectivity index (χ0v) is 17.6. The number of ether oxygens (including phenoxy) is 1. The molecular formula is C22H30O7. The maximum absolute atomic E-state index is 13.5. The van der Waals surface area contributed by atoms with Crippen molar-refractivity contribution in [2.24, 2.45) is 28.1 Å². The summed E-state index contributed by atoms with van der Waals surface area (Å²) in [7, 11) is 0. The standard InChI is InChI=1S/C22H30O7/c1-9-8-22(9)18(27)12-13(15(26)19(22)28)21(5)7-6-11(24)20(3,4)17(21)16(14(12)25)29-10(2)23/h9,11,14,16-17,19,24-25,28H,6-8H2,1-5H3/t9-,11-,14-,16+,17-,19-,21+,22+/m0/s1. The van der Waals surface area contributed by atoms with E-state index in [0.717, 1.165) is 0 Å². The average Bonchev–Trinajstić information content (AvgIpc) is 3.29. The lowest BCUT2D eigenvalue weighted by Gasteiger charge is -2.60. The van der Waals surface area contributed by atoms with Crippen molar-refractivity contribution < 1.29 is 34.4 Å². The molecule has 0 amide bonds. The SMILES string of the molecule is CC(=O)O[C@@H]1[C@@H](O)C2=C(C(=O)[C@H](O)[C@@]3(C[C@@H]3C)C2=O)[C@@]2(C)CC[C@H](O)C(C)(C)[C@H]12. The molecule has 0 radical (unpaired) electrons. The van der Waals surface area contributed by atoms with Crippen LogP contribution in [0, 0.1) is 28.1 Å². The second kappa shape index (κ2) is 5.99. The van der Waals surface area contributed by atoms with Crippen LogP contribution in [-0.2, 0) is 19.1 Å². The summed E-state index contributed by atoms with van der Waals surface area (Å²) < 4.78 is 5.54. The Labute approximate surface area is 170 Å². The second-order valence-electron chi connectivity index (χ2n) is 10.3. The third-order valence-corrected chi connectivity index (χ3v) is 8.38. The van der Waals surface area contributed by atoms with Crippen molar-refractivity contribution in [3.05, 3.63) is 11.1 Å². The third kappa shape index (κ3) is 2.38. The average molecular weight is 406 g/mol. The Hall–Kier alpha value is -1.57. The monoisotopic (exact) mass is 406 g/mol. The van der Waals surface area contributed by atoms with E-state index in [4.69, 9.17) is 4.74 Å². The normalized spacial score (nSPS) is 48.3. The minimum atomic E-state index is -1.47. The van der Waals surface area contributed by atoms with Crippen LogP contribution >= 0.6 is 0 Å². The smallest absolute Gasteiger partial charge is 0.303 e. The number of rotatable bonds is 1. The third-order valence-electron chi connectivity index (χ3n) is 8.38. The lowest BCUT2D eigenvalue weighted by atomic mass is 9.46. The van der Waals surface area contributed by atoms with Crippen LogP contribution < -0.4 is 0 Å². The predicted molar refractivity (Wildman–Crippen MR) is 101 cm³/mol. The zero-order valence-electron chi connectivity index (χ0n) is 17.6. The molecule has 7 nitrogen and oxygen atoms in total. The number of aliphatic hydroxyl groups excluding tert-OH is 3. The maximum atomic E-state index is 13.5. The Bertz CT molecular complexity index is 842. The largest absolute Gasteiger partial charge is 0.459 e. The molecule has 0 saturated heterocycles. The molecular weight excluding hydrogens is 376 g/mol. The molecule has 4 aliphatic carbocycles. The summed E-state index contributed by atoms with van der Waals surface area (Å²) >= 11 is 0. The number of carbonyl (C=O) groups excluding carboxylic acids is 3. The van der Waals surface area contributed by atoms with Gasteiger partial charge in [-0.15, -0.1) is 0 Å². The molecule has 0 bridgehead atoms. The van der Waals surface area contributed by atoms with Gasteiger partial charge in [0.05, 0.1) is 11.5 Å². The number of aliphatic hydroxyl groups is 3. The molecule has 0 unspecified atom stereocenters. The summed E-state index contributed by atoms with van der Waals surface area (Å²) in [6.07, 6.45) is -3.48. The van der Waals surface area contributed by atoms with Gasteiger partial charge in [-0.05, 0) is 30.6 Å². The topological polar surface area (TPSA) is 121 Å². The van der Waals surface area contributed by atoms with Crippen molar-refractivity contribution in [3.63, 3.8) is 0 Å². The highest BCUT2D eigenvalue weighted by Gasteiger charge is 2.72. The van der Waals surface area contributed by atoms with E-state index >= 15 is 0 Å². The van der Waals surface area contributed by atoms with Crippen molar-refractivity contribution in [2.75, 3.05) is 0 Å². The first-order chi connectivity index (χ1) is 13.3. The van der Waals surface area contributed by atoms with Crippen molar-refractivity contribution in [2.45, 2.75) is 78.3 Å². The molecule has 2 saturated carbocycles. The first-order valence-corrected chi connectivity index (χ1v) is 10.4. The van der Waals surface area contributed by atoms with Crippen LogP contribution in [0.5, 0.6) is 0 Å². The summed E-state index contributed by atoms with van der Waals surface area (Å²) in [4.78, 5) is 38.7. The molecule has 4 aliphatic rings. The fourth-order valence-corrected chi connectivity index (χ4v) is 6.74. The number of carbonyl (C=O) groups is 3. The second-order valence-corrected chi connectivity index (χ2v) is 10.3. The summed E-state index contributed by atoms with van der Waals surface area (Å²) in [6, 6.07) is 0. The molecule has 0 heterocycles. The lowest BCUT2D eigenvalue weighted by Crippen LogP contribution is -2.65. The molecule has 0 aromatic heterocycles. The van der Waals surface area contributed by atoms with Crippen LogP contribution in [0.2, 0.25) is 0 Å². The highest BCUT2D eigenvalue weighted by Crippen LogP contribution is 2.66. The van der Waals surface area contributed by atoms with Crippen molar-refractivity contribution in [1.82, 2.24) is 0 Å². The number of fused-ring (bicyclic) bond motifs is 2. The number of ketones is 2. The molecule has 0 aromatic carbocycles. The summed E-state index contributed by atoms with van der Waals surface area (Å²) in [5.41, 5.74) is -2.71. The van der Waals surface area contributed by atoms with Crippen LogP contribution in [0.15, 0.2) is 11.1 Å². The fraction of sp³-hybridized carbons (Fsp3) is 0.773. The van der Waals surface area contributed by atoms with Gasteiger partial charge < -0.3 is 20.1 Å². The van der Waals surface area contributed by atoms with Gasteiger partial charge in [-0.1, -0.05) is 27.7 Å². The molecule has 8 atom stereocenters. The van der Waals surface area contributed by atoms with Gasteiger partial charge in [0.25, 0.3) is 0 Å². The van der Waals surface area contributed by atoms with Gasteiger partial charge in [0.15, 0.2) is 11.6 Å². The first kappa shape index (κ1) is 20.7. The van der Waals surface area contributed by atoms with Gasteiger partial charge in [0.2, 0.25) is 0 Å². The summed E-state index contributed by atoms with van der Waals surface area (Å²) in [5.74, 6) is -2.26. The minimum absolute atomic E-state index is 0.00170. The van der Waals surface area contributed by atoms with E-state index in [1.165, 1.54) is 6.92 Å². The first-order valence-electron chi connectivity index (χ1n) is 10.4. The van der Waals surface area contributed by atoms with E-state index in [2.05, 4.69) is 0 Å². The molecule has 4 rings (SSSR count). The Morgan fingerprint density at radius 2 is 1.72 bits per heavy atom. The number of hydrogen-bond donors (Lipinski definition) is 3. The quantitative estimate of drug-likeness (QED) is 0.554. The molecule has 0 aliphatic heterocycles. The molecule has 160 valence electrons. The van der Waals surface area contributed by atoms with E-state index in [1.54, 1.807) is 0 Å². The van der Waals surface area contributed by atoms with E-state index in [0.29, 0.717) is 19.3 Å². The van der Waals surface area contributed by atoms with E-state index in [-0.39, 0.29) is 17.1 Å². The Morgan fingerprint density at radius 1 is 1.14 bits per heavy atom. The van der Waals surface area contributed by atoms with Crippen LogP contribution in [0.25, 0.3) is 0 Å².